The third kappa shape index (κ3) is 3.94. The molecule has 1 aliphatic heterocycles. The number of nitrogens with zero attached hydrogens (tertiary/aromatic N) is 2. The highest BCUT2D eigenvalue weighted by Gasteiger charge is 2.34. The maximum atomic E-state index is 13.4. The molecule has 5 nitrogen and oxygen atoms in total. The molecule has 3 aromatic carbocycles. The van der Waals surface area contributed by atoms with E-state index in [2.05, 4.69) is 0 Å². The Balaban J connectivity index is 1.43. The number of benzene rings is 3. The monoisotopic (exact) mass is 420 g/mol. The predicted molar refractivity (Wildman–Crippen MR) is 109 cm³/mol. The van der Waals surface area contributed by atoms with Crippen LogP contribution in [-0.2, 0) is 13.1 Å². The minimum Gasteiger partial charge on any atom is -0.337 e. The minimum atomic E-state index is -0.962. The molecule has 0 saturated heterocycles. The van der Waals surface area contributed by atoms with E-state index in [-0.39, 0.29) is 30.8 Å². The number of imide groups is 1. The average molecular weight is 420 g/mol. The van der Waals surface area contributed by atoms with Crippen molar-refractivity contribution in [2.45, 2.75) is 13.1 Å². The fourth-order valence-electron chi connectivity index (χ4n) is 3.52. The van der Waals surface area contributed by atoms with Crippen molar-refractivity contribution in [2.75, 3.05) is 7.05 Å². The van der Waals surface area contributed by atoms with Crippen LogP contribution in [0.3, 0.4) is 0 Å². The Kier molecular flexibility index (Phi) is 5.33. The van der Waals surface area contributed by atoms with Crippen molar-refractivity contribution in [1.82, 2.24) is 9.80 Å². The lowest BCUT2D eigenvalue weighted by atomic mass is 10.1. The lowest BCUT2D eigenvalue weighted by molar-refractivity contribution is 0.0641. The molecular formula is C24H18F2N2O3. The Bertz CT molecular complexity index is 1160. The van der Waals surface area contributed by atoms with Gasteiger partial charge in [0.2, 0.25) is 0 Å². The van der Waals surface area contributed by atoms with Gasteiger partial charge in [0.25, 0.3) is 17.7 Å². The molecule has 0 aromatic heterocycles. The summed E-state index contributed by atoms with van der Waals surface area (Å²) in [7, 11) is 1.57. The van der Waals surface area contributed by atoms with Crippen LogP contribution in [0.1, 0.15) is 42.2 Å². The maximum absolute atomic E-state index is 13.4. The molecule has 3 amide bonds. The quantitative estimate of drug-likeness (QED) is 0.586. The molecule has 4 rings (SSSR count). The van der Waals surface area contributed by atoms with Crippen molar-refractivity contribution in [1.29, 1.82) is 0 Å². The van der Waals surface area contributed by atoms with Crippen molar-refractivity contribution in [3.63, 3.8) is 0 Å². The first-order chi connectivity index (χ1) is 14.8. The van der Waals surface area contributed by atoms with Crippen molar-refractivity contribution >= 4 is 17.7 Å². The van der Waals surface area contributed by atoms with Crippen LogP contribution in [0, 0.1) is 11.6 Å². The summed E-state index contributed by atoms with van der Waals surface area (Å²) in [4.78, 5) is 40.2. The molecule has 156 valence electrons. The Labute approximate surface area is 177 Å². The van der Waals surface area contributed by atoms with Crippen LogP contribution in [0.25, 0.3) is 0 Å². The molecular weight excluding hydrogens is 402 g/mol. The van der Waals surface area contributed by atoms with E-state index in [4.69, 9.17) is 0 Å². The van der Waals surface area contributed by atoms with Gasteiger partial charge in [-0.3, -0.25) is 19.3 Å². The molecule has 0 aliphatic carbocycles. The van der Waals surface area contributed by atoms with Crippen LogP contribution in [0.15, 0.2) is 66.7 Å². The van der Waals surface area contributed by atoms with Gasteiger partial charge >= 0.3 is 0 Å². The average Bonchev–Trinajstić information content (AvgIpc) is 3.01. The number of carbonyl (C=O) groups is 3. The van der Waals surface area contributed by atoms with E-state index < -0.39 is 11.6 Å². The van der Waals surface area contributed by atoms with Crippen molar-refractivity contribution in [3.05, 3.63) is 106 Å². The van der Waals surface area contributed by atoms with Crippen LogP contribution in [0.2, 0.25) is 0 Å². The van der Waals surface area contributed by atoms with Crippen LogP contribution in [0.5, 0.6) is 0 Å². The Morgan fingerprint density at radius 2 is 1.42 bits per heavy atom. The van der Waals surface area contributed by atoms with Crippen molar-refractivity contribution in [2.24, 2.45) is 0 Å². The number of hydrogen-bond acceptors (Lipinski definition) is 3. The van der Waals surface area contributed by atoms with E-state index in [1.807, 2.05) is 0 Å². The number of hydrogen-bond donors (Lipinski definition) is 0. The lowest BCUT2D eigenvalue weighted by Gasteiger charge is -2.18. The number of rotatable bonds is 5. The van der Waals surface area contributed by atoms with Crippen LogP contribution in [0.4, 0.5) is 8.78 Å². The molecule has 1 aliphatic rings. The summed E-state index contributed by atoms with van der Waals surface area (Å²) in [5, 5.41) is 0. The summed E-state index contributed by atoms with van der Waals surface area (Å²) in [6.07, 6.45) is 0. The molecule has 1 heterocycles. The smallest absolute Gasteiger partial charge is 0.261 e. The molecule has 0 bridgehead atoms. The predicted octanol–water partition coefficient (Wildman–Crippen LogP) is 4.03. The Morgan fingerprint density at radius 3 is 2.00 bits per heavy atom. The third-order valence-corrected chi connectivity index (χ3v) is 5.17. The molecule has 0 radical (unpaired) electrons. The van der Waals surface area contributed by atoms with E-state index in [1.54, 1.807) is 55.6 Å². The normalized spacial score (nSPS) is 12.8. The summed E-state index contributed by atoms with van der Waals surface area (Å²) in [6, 6.07) is 16.8. The molecule has 0 fully saturated rings. The number of carbonyl (C=O) groups excluding carboxylic acids is 3. The number of halogens is 2. The highest BCUT2D eigenvalue weighted by Crippen LogP contribution is 2.24. The Morgan fingerprint density at radius 1 is 0.839 bits per heavy atom. The van der Waals surface area contributed by atoms with Gasteiger partial charge in [-0.05, 0) is 47.5 Å². The molecule has 0 saturated carbocycles. The first-order valence-corrected chi connectivity index (χ1v) is 9.58. The molecule has 0 spiro atoms. The fourth-order valence-corrected chi connectivity index (χ4v) is 3.52. The number of amides is 3. The summed E-state index contributed by atoms with van der Waals surface area (Å²) < 4.78 is 26.4. The largest absolute Gasteiger partial charge is 0.337 e. The van der Waals surface area contributed by atoms with Gasteiger partial charge in [0, 0.05) is 19.2 Å². The molecule has 0 atom stereocenters. The highest BCUT2D eigenvalue weighted by atomic mass is 19.2. The van der Waals surface area contributed by atoms with E-state index in [0.29, 0.717) is 27.8 Å². The zero-order valence-electron chi connectivity index (χ0n) is 16.6. The topological polar surface area (TPSA) is 57.7 Å². The van der Waals surface area contributed by atoms with E-state index in [9.17, 15) is 23.2 Å². The third-order valence-electron chi connectivity index (χ3n) is 5.17. The zero-order valence-corrected chi connectivity index (χ0v) is 16.6. The van der Waals surface area contributed by atoms with E-state index in [1.165, 1.54) is 15.9 Å². The molecule has 0 unspecified atom stereocenters. The number of fused-ring (bicyclic) bond motifs is 1. The van der Waals surface area contributed by atoms with Crippen LogP contribution >= 0.6 is 0 Å². The van der Waals surface area contributed by atoms with Gasteiger partial charge in [0.05, 0.1) is 17.7 Å². The lowest BCUT2D eigenvalue weighted by Crippen LogP contribution is -2.29. The minimum absolute atomic E-state index is 0.103. The standard InChI is InChI=1S/C24H18F2N2O3/c1-27(13-16-8-11-20(25)21(26)12-16)22(29)17-9-6-15(7-10-17)14-28-23(30)18-4-2-3-5-19(18)24(28)31/h2-12H,13-14H2,1H3. The molecule has 7 heteroatoms. The van der Waals surface area contributed by atoms with Gasteiger partial charge < -0.3 is 4.90 Å². The second kappa shape index (κ2) is 8.10. The first-order valence-electron chi connectivity index (χ1n) is 9.58. The maximum Gasteiger partial charge on any atom is 0.261 e. The van der Waals surface area contributed by atoms with Gasteiger partial charge in [-0.2, -0.15) is 0 Å². The Hall–Kier alpha value is -3.87. The van der Waals surface area contributed by atoms with E-state index in [0.717, 1.165) is 12.1 Å². The fraction of sp³-hybridized carbons (Fsp3) is 0.125. The van der Waals surface area contributed by atoms with Gasteiger partial charge in [0.1, 0.15) is 0 Å². The highest BCUT2D eigenvalue weighted by molar-refractivity contribution is 6.21. The molecule has 3 aromatic rings. The van der Waals surface area contributed by atoms with Gasteiger partial charge in [0.15, 0.2) is 11.6 Å². The zero-order chi connectivity index (χ0) is 22.1. The van der Waals surface area contributed by atoms with Crippen LogP contribution in [-0.4, -0.2) is 34.6 Å². The van der Waals surface area contributed by atoms with Gasteiger partial charge in [-0.25, -0.2) is 8.78 Å². The molecule has 31 heavy (non-hydrogen) atoms. The second-order valence-electron chi connectivity index (χ2n) is 7.35. The SMILES string of the molecule is CN(Cc1ccc(F)c(F)c1)C(=O)c1ccc(CN2C(=O)c3ccccc3C2=O)cc1. The summed E-state index contributed by atoms with van der Waals surface area (Å²) in [6.45, 7) is 0.221. The van der Waals surface area contributed by atoms with Gasteiger partial charge in [-0.15, -0.1) is 0 Å². The first kappa shape index (κ1) is 20.4. The molecule has 0 N–H and O–H groups in total. The van der Waals surface area contributed by atoms with Gasteiger partial charge in [-0.1, -0.05) is 30.3 Å². The summed E-state index contributed by atoms with van der Waals surface area (Å²) in [5.41, 5.74) is 2.35. The van der Waals surface area contributed by atoms with Crippen LogP contribution < -0.4 is 0 Å². The second-order valence-corrected chi connectivity index (χ2v) is 7.35. The van der Waals surface area contributed by atoms with Crippen molar-refractivity contribution in [3.8, 4) is 0 Å². The van der Waals surface area contributed by atoms with E-state index >= 15 is 0 Å². The summed E-state index contributed by atoms with van der Waals surface area (Å²) >= 11 is 0. The summed E-state index contributed by atoms with van der Waals surface area (Å²) in [5.74, 6) is -2.88. The van der Waals surface area contributed by atoms with Crippen molar-refractivity contribution < 1.29 is 23.2 Å².